The van der Waals surface area contributed by atoms with Gasteiger partial charge in [-0.25, -0.2) is 4.79 Å². The van der Waals surface area contributed by atoms with E-state index in [1.807, 2.05) is 13.8 Å². The Bertz CT molecular complexity index is 348. The lowest BCUT2D eigenvalue weighted by Gasteiger charge is -2.25. The second-order valence-electron chi connectivity index (χ2n) is 4.69. The number of urea groups is 1. The zero-order chi connectivity index (χ0) is 13.8. The summed E-state index contributed by atoms with van der Waals surface area (Å²) >= 11 is 0. The largest absolute Gasteiger partial charge is 0.370 e. The highest BCUT2D eigenvalue weighted by Gasteiger charge is 2.49. The van der Waals surface area contributed by atoms with Crippen LogP contribution in [0.4, 0.5) is 4.79 Å². The molecule has 0 radical (unpaired) electrons. The lowest BCUT2D eigenvalue weighted by molar-refractivity contribution is -0.132. The maximum absolute atomic E-state index is 12.3. The minimum Gasteiger partial charge on any atom is -0.370 e. The smallest absolute Gasteiger partial charge is 0.325 e. The molecule has 0 spiro atoms. The molecule has 0 aromatic carbocycles. The molecule has 102 valence electrons. The average molecular weight is 255 g/mol. The van der Waals surface area contributed by atoms with Crippen molar-refractivity contribution in [1.82, 2.24) is 10.2 Å². The predicted octanol–water partition coefficient (Wildman–Crippen LogP) is 0.753. The number of rotatable bonds is 7. The Hall–Kier alpha value is -1.59. The van der Waals surface area contributed by atoms with Gasteiger partial charge in [-0.05, 0) is 12.8 Å². The molecule has 0 saturated carbocycles. The summed E-state index contributed by atoms with van der Waals surface area (Å²) in [6, 6.07) is -0.414. The molecule has 1 aliphatic rings. The van der Waals surface area contributed by atoms with Gasteiger partial charge >= 0.3 is 6.03 Å². The van der Waals surface area contributed by atoms with Crippen LogP contribution in [0.15, 0.2) is 0 Å². The minimum absolute atomic E-state index is 0.00743. The van der Waals surface area contributed by atoms with Crippen LogP contribution >= 0.6 is 0 Å². The summed E-state index contributed by atoms with van der Waals surface area (Å²) in [5.74, 6) is -0.739. The van der Waals surface area contributed by atoms with Crippen molar-refractivity contribution in [2.24, 2.45) is 5.73 Å². The second kappa shape index (κ2) is 5.84. The standard InChI is InChI=1S/C12H21N3O3/c1-3-6-12(7-4-2)10(17)15(11(18)14-12)8-5-9(13)16/h3-8H2,1-2H3,(H2,13,16)(H,14,18). The van der Waals surface area contributed by atoms with E-state index in [1.54, 1.807) is 0 Å². The Morgan fingerprint density at radius 3 is 2.28 bits per heavy atom. The zero-order valence-electron chi connectivity index (χ0n) is 11.0. The van der Waals surface area contributed by atoms with E-state index in [4.69, 9.17) is 5.73 Å². The van der Waals surface area contributed by atoms with E-state index in [1.165, 1.54) is 0 Å². The molecule has 4 amide bonds. The third-order valence-corrected chi connectivity index (χ3v) is 3.18. The van der Waals surface area contributed by atoms with E-state index >= 15 is 0 Å². The molecule has 1 fully saturated rings. The molecule has 0 bridgehead atoms. The molecular weight excluding hydrogens is 234 g/mol. The summed E-state index contributed by atoms with van der Waals surface area (Å²) in [5, 5.41) is 2.78. The topological polar surface area (TPSA) is 92.5 Å². The molecule has 1 saturated heterocycles. The van der Waals surface area contributed by atoms with Gasteiger partial charge in [-0.1, -0.05) is 26.7 Å². The highest BCUT2D eigenvalue weighted by Crippen LogP contribution is 2.27. The normalized spacial score (nSPS) is 18.0. The molecule has 18 heavy (non-hydrogen) atoms. The van der Waals surface area contributed by atoms with E-state index in [0.29, 0.717) is 12.8 Å². The van der Waals surface area contributed by atoms with Gasteiger partial charge in [-0.15, -0.1) is 0 Å². The van der Waals surface area contributed by atoms with Gasteiger partial charge in [0.15, 0.2) is 0 Å². The van der Waals surface area contributed by atoms with Gasteiger partial charge in [0.1, 0.15) is 5.54 Å². The summed E-state index contributed by atoms with van der Waals surface area (Å²) in [6.07, 6.45) is 2.88. The number of amides is 4. The van der Waals surface area contributed by atoms with Gasteiger partial charge < -0.3 is 11.1 Å². The van der Waals surface area contributed by atoms with E-state index < -0.39 is 17.5 Å². The molecular formula is C12H21N3O3. The molecule has 0 unspecified atom stereocenters. The highest BCUT2D eigenvalue weighted by molar-refractivity contribution is 6.07. The molecule has 0 aliphatic carbocycles. The number of primary amides is 1. The predicted molar refractivity (Wildman–Crippen MR) is 66.6 cm³/mol. The second-order valence-corrected chi connectivity index (χ2v) is 4.69. The first-order valence-corrected chi connectivity index (χ1v) is 6.39. The summed E-state index contributed by atoms with van der Waals surface area (Å²) < 4.78 is 0. The number of hydrogen-bond acceptors (Lipinski definition) is 3. The SMILES string of the molecule is CCCC1(CCC)NC(=O)N(CCC(N)=O)C1=O. The fourth-order valence-electron chi connectivity index (χ4n) is 2.42. The van der Waals surface area contributed by atoms with E-state index in [-0.39, 0.29) is 18.9 Å². The van der Waals surface area contributed by atoms with Crippen molar-refractivity contribution in [3.8, 4) is 0 Å². The first-order valence-electron chi connectivity index (χ1n) is 6.39. The molecule has 1 heterocycles. The Labute approximate surface area is 107 Å². The first-order chi connectivity index (χ1) is 8.46. The molecule has 1 aliphatic heterocycles. The van der Waals surface area contributed by atoms with Crippen LogP contribution in [0.5, 0.6) is 0 Å². The Kier molecular flexibility index (Phi) is 4.69. The van der Waals surface area contributed by atoms with Gasteiger partial charge in [0, 0.05) is 13.0 Å². The van der Waals surface area contributed by atoms with Crippen LogP contribution < -0.4 is 11.1 Å². The molecule has 0 atom stereocenters. The molecule has 0 aromatic heterocycles. The lowest BCUT2D eigenvalue weighted by atomic mass is 9.88. The minimum atomic E-state index is -0.780. The summed E-state index contributed by atoms with van der Waals surface area (Å²) in [5.41, 5.74) is 4.26. The molecule has 6 heteroatoms. The van der Waals surface area contributed by atoms with E-state index in [2.05, 4.69) is 5.32 Å². The van der Waals surface area contributed by atoms with Gasteiger partial charge in [0.25, 0.3) is 5.91 Å². The van der Waals surface area contributed by atoms with Crippen molar-refractivity contribution in [2.45, 2.75) is 51.5 Å². The van der Waals surface area contributed by atoms with Gasteiger partial charge in [-0.2, -0.15) is 0 Å². The van der Waals surface area contributed by atoms with Crippen molar-refractivity contribution in [1.29, 1.82) is 0 Å². The number of carbonyl (C=O) groups is 3. The quantitative estimate of drug-likeness (QED) is 0.657. The maximum atomic E-state index is 12.3. The van der Waals surface area contributed by atoms with Crippen LogP contribution in [-0.2, 0) is 9.59 Å². The van der Waals surface area contributed by atoms with Crippen LogP contribution in [0.1, 0.15) is 46.0 Å². The van der Waals surface area contributed by atoms with Crippen molar-refractivity contribution in [2.75, 3.05) is 6.54 Å². The summed E-state index contributed by atoms with van der Waals surface area (Å²) in [6.45, 7) is 4.01. The third-order valence-electron chi connectivity index (χ3n) is 3.18. The Balaban J connectivity index is 2.82. The van der Waals surface area contributed by atoms with Crippen molar-refractivity contribution in [3.63, 3.8) is 0 Å². The lowest BCUT2D eigenvalue weighted by Crippen LogP contribution is -2.46. The van der Waals surface area contributed by atoms with E-state index in [0.717, 1.165) is 17.7 Å². The monoisotopic (exact) mass is 255 g/mol. The van der Waals surface area contributed by atoms with Gasteiger partial charge in [0.2, 0.25) is 5.91 Å². The molecule has 3 N–H and O–H groups in total. The molecule has 0 aromatic rings. The maximum Gasteiger partial charge on any atom is 0.325 e. The Morgan fingerprint density at radius 1 is 1.28 bits per heavy atom. The third kappa shape index (κ3) is 2.80. The van der Waals surface area contributed by atoms with Crippen LogP contribution in [-0.4, -0.2) is 34.8 Å². The van der Waals surface area contributed by atoms with Gasteiger partial charge in [0.05, 0.1) is 0 Å². The van der Waals surface area contributed by atoms with Crippen LogP contribution in [0.25, 0.3) is 0 Å². The van der Waals surface area contributed by atoms with E-state index in [9.17, 15) is 14.4 Å². The zero-order valence-corrected chi connectivity index (χ0v) is 11.0. The first kappa shape index (κ1) is 14.5. The highest BCUT2D eigenvalue weighted by atomic mass is 16.2. The van der Waals surface area contributed by atoms with Crippen LogP contribution in [0.3, 0.4) is 0 Å². The fraction of sp³-hybridized carbons (Fsp3) is 0.750. The van der Waals surface area contributed by atoms with Crippen molar-refractivity contribution < 1.29 is 14.4 Å². The molecule has 1 rings (SSSR count). The molecule has 6 nitrogen and oxygen atoms in total. The van der Waals surface area contributed by atoms with Gasteiger partial charge in [-0.3, -0.25) is 14.5 Å². The fourth-order valence-corrected chi connectivity index (χ4v) is 2.42. The number of nitrogens with two attached hydrogens (primary N) is 1. The van der Waals surface area contributed by atoms with Crippen molar-refractivity contribution in [3.05, 3.63) is 0 Å². The van der Waals surface area contributed by atoms with Crippen molar-refractivity contribution >= 4 is 17.8 Å². The van der Waals surface area contributed by atoms with Crippen LogP contribution in [0.2, 0.25) is 0 Å². The number of nitrogens with zero attached hydrogens (tertiary/aromatic N) is 1. The van der Waals surface area contributed by atoms with Crippen LogP contribution in [0, 0.1) is 0 Å². The average Bonchev–Trinajstić information content (AvgIpc) is 2.50. The number of hydrogen-bond donors (Lipinski definition) is 2. The summed E-state index contributed by atoms with van der Waals surface area (Å²) in [4.78, 5) is 36.0. The summed E-state index contributed by atoms with van der Waals surface area (Å²) in [7, 11) is 0. The number of imide groups is 1. The Morgan fingerprint density at radius 2 is 1.83 bits per heavy atom. The number of carbonyl (C=O) groups excluding carboxylic acids is 3. The number of nitrogens with one attached hydrogen (secondary N) is 1.